The van der Waals surface area contributed by atoms with Gasteiger partial charge in [0.15, 0.2) is 11.5 Å². The fourth-order valence-corrected chi connectivity index (χ4v) is 3.59. The Morgan fingerprint density at radius 2 is 2.00 bits per heavy atom. The molecule has 0 radical (unpaired) electrons. The van der Waals surface area contributed by atoms with Crippen LogP contribution < -0.4 is 14.8 Å². The Kier molecular flexibility index (Phi) is 8.31. The molecule has 2 rings (SSSR count). The number of carbonyl (C=O) groups excluding carboxylic acids is 1. The Bertz CT molecular complexity index is 913. The predicted molar refractivity (Wildman–Crippen MR) is 118 cm³/mol. The quantitative estimate of drug-likeness (QED) is 0.365. The van der Waals surface area contributed by atoms with E-state index in [1.165, 1.54) is 13.0 Å². The maximum absolute atomic E-state index is 11.3. The summed E-state index contributed by atoms with van der Waals surface area (Å²) in [4.78, 5) is 22.6. The lowest BCUT2D eigenvalue weighted by molar-refractivity contribution is -0.134. The van der Waals surface area contributed by atoms with Crippen molar-refractivity contribution in [3.05, 3.63) is 61.3 Å². The zero-order chi connectivity index (χ0) is 20.7. The van der Waals surface area contributed by atoms with Gasteiger partial charge in [-0.2, -0.15) is 0 Å². The summed E-state index contributed by atoms with van der Waals surface area (Å²) in [7, 11) is 0. The summed E-state index contributed by atoms with van der Waals surface area (Å²) < 4.78 is 13.4. The third-order valence-corrected chi connectivity index (χ3v) is 4.75. The molecular formula is C20H19BrINO5. The van der Waals surface area contributed by atoms with Crippen molar-refractivity contribution >= 4 is 56.5 Å². The molecule has 2 aromatic carbocycles. The van der Waals surface area contributed by atoms with Crippen LogP contribution in [-0.4, -0.2) is 23.6 Å². The number of halogens is 2. The van der Waals surface area contributed by atoms with Crippen molar-refractivity contribution in [3.8, 4) is 11.5 Å². The summed E-state index contributed by atoms with van der Waals surface area (Å²) in [5.41, 5.74) is 1.36. The number of carboxylic acids is 1. The van der Waals surface area contributed by atoms with Crippen molar-refractivity contribution in [1.82, 2.24) is 5.32 Å². The Labute approximate surface area is 185 Å². The SMILES string of the molecule is CCOc1cc(C=C(NC(C)=O)C(=O)O)cc(I)c1OCc1cccc(Br)c1. The monoisotopic (exact) mass is 559 g/mol. The molecule has 0 aliphatic heterocycles. The van der Waals surface area contributed by atoms with E-state index in [2.05, 4.69) is 43.8 Å². The minimum Gasteiger partial charge on any atom is -0.490 e. The van der Waals surface area contributed by atoms with Gasteiger partial charge < -0.3 is 19.9 Å². The van der Waals surface area contributed by atoms with E-state index >= 15 is 0 Å². The summed E-state index contributed by atoms with van der Waals surface area (Å²) in [6, 6.07) is 11.3. The Balaban J connectivity index is 2.34. The second-order valence-corrected chi connectivity index (χ2v) is 7.80. The molecular weight excluding hydrogens is 541 g/mol. The van der Waals surface area contributed by atoms with Crippen molar-refractivity contribution < 1.29 is 24.2 Å². The number of ether oxygens (including phenoxy) is 2. The van der Waals surface area contributed by atoms with Gasteiger partial charge in [0.25, 0.3) is 0 Å². The predicted octanol–water partition coefficient (Wildman–Crippen LogP) is 4.59. The molecule has 0 heterocycles. The highest BCUT2D eigenvalue weighted by Gasteiger charge is 2.14. The first kappa shape index (κ1) is 22.2. The molecule has 2 aromatic rings. The average Bonchev–Trinajstić information content (AvgIpc) is 2.60. The van der Waals surface area contributed by atoms with E-state index in [4.69, 9.17) is 9.47 Å². The molecule has 28 heavy (non-hydrogen) atoms. The second-order valence-electron chi connectivity index (χ2n) is 5.73. The lowest BCUT2D eigenvalue weighted by Gasteiger charge is -2.15. The molecule has 0 fully saturated rings. The van der Waals surface area contributed by atoms with E-state index in [1.54, 1.807) is 12.1 Å². The highest BCUT2D eigenvalue weighted by atomic mass is 127. The van der Waals surface area contributed by atoms with Crippen LogP contribution in [0.3, 0.4) is 0 Å². The summed E-state index contributed by atoms with van der Waals surface area (Å²) in [5.74, 6) is -0.598. The number of hydrogen-bond acceptors (Lipinski definition) is 4. The lowest BCUT2D eigenvalue weighted by Crippen LogP contribution is -2.24. The zero-order valence-corrected chi connectivity index (χ0v) is 19.0. The Morgan fingerprint density at radius 1 is 1.25 bits per heavy atom. The Morgan fingerprint density at radius 3 is 2.61 bits per heavy atom. The van der Waals surface area contributed by atoms with Gasteiger partial charge in [0, 0.05) is 11.4 Å². The topological polar surface area (TPSA) is 84.9 Å². The molecule has 148 valence electrons. The van der Waals surface area contributed by atoms with Gasteiger partial charge in [-0.3, -0.25) is 4.79 Å². The van der Waals surface area contributed by atoms with E-state index in [9.17, 15) is 14.7 Å². The molecule has 2 N–H and O–H groups in total. The van der Waals surface area contributed by atoms with E-state index in [0.717, 1.165) is 13.6 Å². The second kappa shape index (κ2) is 10.5. The lowest BCUT2D eigenvalue weighted by atomic mass is 10.1. The van der Waals surface area contributed by atoms with Crippen LogP contribution in [0, 0.1) is 3.57 Å². The summed E-state index contributed by atoms with van der Waals surface area (Å²) >= 11 is 5.55. The smallest absolute Gasteiger partial charge is 0.352 e. The normalized spacial score (nSPS) is 11.1. The summed E-state index contributed by atoms with van der Waals surface area (Å²) in [6.07, 6.45) is 1.38. The highest BCUT2D eigenvalue weighted by molar-refractivity contribution is 14.1. The molecule has 0 saturated carbocycles. The number of hydrogen-bond donors (Lipinski definition) is 2. The average molecular weight is 560 g/mol. The van der Waals surface area contributed by atoms with Crippen LogP contribution in [0.5, 0.6) is 11.5 Å². The van der Waals surface area contributed by atoms with Crippen LogP contribution in [0.4, 0.5) is 0 Å². The number of amides is 1. The van der Waals surface area contributed by atoms with Crippen LogP contribution in [0.2, 0.25) is 0 Å². The minimum absolute atomic E-state index is 0.214. The van der Waals surface area contributed by atoms with Crippen LogP contribution >= 0.6 is 38.5 Å². The van der Waals surface area contributed by atoms with E-state index in [1.807, 2.05) is 31.2 Å². The maximum atomic E-state index is 11.3. The van der Waals surface area contributed by atoms with Gasteiger partial charge in [-0.1, -0.05) is 28.1 Å². The molecule has 0 aromatic heterocycles. The molecule has 0 aliphatic carbocycles. The van der Waals surface area contributed by atoms with Gasteiger partial charge in [-0.25, -0.2) is 4.79 Å². The maximum Gasteiger partial charge on any atom is 0.352 e. The van der Waals surface area contributed by atoms with Gasteiger partial charge in [-0.15, -0.1) is 0 Å². The summed E-state index contributed by atoms with van der Waals surface area (Å²) in [6.45, 7) is 3.89. The molecule has 0 saturated heterocycles. The van der Waals surface area contributed by atoms with Gasteiger partial charge in [-0.05, 0) is 71.0 Å². The zero-order valence-electron chi connectivity index (χ0n) is 15.3. The number of nitrogens with one attached hydrogen (secondary N) is 1. The molecule has 0 aliphatic rings. The summed E-state index contributed by atoms with van der Waals surface area (Å²) in [5, 5.41) is 11.6. The van der Waals surface area contributed by atoms with Gasteiger partial charge in [0.1, 0.15) is 12.3 Å². The van der Waals surface area contributed by atoms with E-state index in [0.29, 0.717) is 30.3 Å². The third kappa shape index (κ3) is 6.52. The number of benzene rings is 2. The van der Waals surface area contributed by atoms with E-state index in [-0.39, 0.29) is 5.70 Å². The van der Waals surface area contributed by atoms with Crippen LogP contribution in [0.25, 0.3) is 6.08 Å². The van der Waals surface area contributed by atoms with Crippen LogP contribution in [-0.2, 0) is 16.2 Å². The van der Waals surface area contributed by atoms with Crippen molar-refractivity contribution in [1.29, 1.82) is 0 Å². The first-order valence-electron chi connectivity index (χ1n) is 8.36. The number of aliphatic carboxylic acids is 1. The molecule has 1 amide bonds. The fraction of sp³-hybridized carbons (Fsp3) is 0.200. The third-order valence-electron chi connectivity index (χ3n) is 3.46. The molecule has 0 atom stereocenters. The molecule has 8 heteroatoms. The number of carboxylic acid groups (broad SMARTS) is 1. The van der Waals surface area contributed by atoms with Crippen molar-refractivity contribution in [3.63, 3.8) is 0 Å². The first-order valence-corrected chi connectivity index (χ1v) is 10.2. The van der Waals surface area contributed by atoms with Crippen molar-refractivity contribution in [2.75, 3.05) is 6.61 Å². The van der Waals surface area contributed by atoms with Gasteiger partial charge in [0.2, 0.25) is 5.91 Å². The standard InChI is InChI=1S/C20H19BrINO5/c1-3-27-18-10-14(9-17(20(25)26)23-12(2)24)8-16(22)19(18)28-11-13-5-4-6-15(21)7-13/h4-10H,3,11H2,1-2H3,(H,23,24)(H,25,26). The fourth-order valence-electron chi connectivity index (χ4n) is 2.36. The largest absolute Gasteiger partial charge is 0.490 e. The molecule has 6 nitrogen and oxygen atoms in total. The van der Waals surface area contributed by atoms with Crippen LogP contribution in [0.1, 0.15) is 25.0 Å². The number of rotatable bonds is 8. The Hall–Kier alpha value is -2.07. The first-order chi connectivity index (χ1) is 13.3. The molecule has 0 unspecified atom stereocenters. The highest BCUT2D eigenvalue weighted by Crippen LogP contribution is 2.35. The molecule has 0 spiro atoms. The van der Waals surface area contributed by atoms with Crippen molar-refractivity contribution in [2.24, 2.45) is 0 Å². The van der Waals surface area contributed by atoms with E-state index < -0.39 is 11.9 Å². The number of carbonyl (C=O) groups is 2. The van der Waals surface area contributed by atoms with Gasteiger partial charge >= 0.3 is 5.97 Å². The van der Waals surface area contributed by atoms with Crippen LogP contribution in [0.15, 0.2) is 46.6 Å². The molecule has 0 bridgehead atoms. The minimum atomic E-state index is -1.22. The van der Waals surface area contributed by atoms with Gasteiger partial charge in [0.05, 0.1) is 10.2 Å². The van der Waals surface area contributed by atoms with Crippen molar-refractivity contribution in [2.45, 2.75) is 20.5 Å².